The van der Waals surface area contributed by atoms with E-state index in [1.54, 1.807) is 31.2 Å². The number of sulfonamides is 1. The molecule has 0 spiro atoms. The maximum Gasteiger partial charge on any atom is 0.321 e. The van der Waals surface area contributed by atoms with Gasteiger partial charge in [-0.2, -0.15) is 4.31 Å². The highest BCUT2D eigenvalue weighted by molar-refractivity contribution is 7.89. The van der Waals surface area contributed by atoms with Crippen LogP contribution in [0.3, 0.4) is 0 Å². The summed E-state index contributed by atoms with van der Waals surface area (Å²) in [6.07, 6.45) is 0. The number of carbonyl (C=O) groups is 1. The van der Waals surface area contributed by atoms with Crippen LogP contribution in [0.4, 0.5) is 0 Å². The Hall–Kier alpha value is -2.18. The third kappa shape index (κ3) is 4.01. The van der Waals surface area contributed by atoms with Gasteiger partial charge in [-0.05, 0) is 31.5 Å². The average Bonchev–Trinajstić information content (AvgIpc) is 2.59. The van der Waals surface area contributed by atoms with Crippen LogP contribution in [-0.4, -0.2) is 32.3 Å². The number of ether oxygens (including phenoxy) is 1. The highest BCUT2D eigenvalue weighted by Crippen LogP contribution is 2.27. The zero-order valence-electron chi connectivity index (χ0n) is 14.0. The second kappa shape index (κ2) is 7.59. The van der Waals surface area contributed by atoms with Crippen molar-refractivity contribution >= 4 is 16.0 Å². The van der Waals surface area contributed by atoms with Gasteiger partial charge in [-0.25, -0.2) is 8.42 Å². The van der Waals surface area contributed by atoms with E-state index >= 15 is 0 Å². The summed E-state index contributed by atoms with van der Waals surface area (Å²) in [5, 5.41) is 0. The molecule has 5 nitrogen and oxygen atoms in total. The molecular formula is C18H21NO4S. The highest BCUT2D eigenvalue weighted by Gasteiger charge is 2.32. The molecule has 0 bridgehead atoms. The van der Waals surface area contributed by atoms with Gasteiger partial charge in [0, 0.05) is 6.04 Å². The monoisotopic (exact) mass is 347 g/mol. The van der Waals surface area contributed by atoms with E-state index in [0.717, 1.165) is 11.1 Å². The second-order valence-electron chi connectivity index (χ2n) is 5.53. The Morgan fingerprint density at radius 2 is 1.67 bits per heavy atom. The first-order chi connectivity index (χ1) is 11.4. The van der Waals surface area contributed by atoms with Crippen LogP contribution in [0.25, 0.3) is 0 Å². The van der Waals surface area contributed by atoms with Crippen molar-refractivity contribution < 1.29 is 17.9 Å². The largest absolute Gasteiger partial charge is 0.468 e. The number of aryl methyl sites for hydroxylation is 1. The van der Waals surface area contributed by atoms with Crippen LogP contribution >= 0.6 is 0 Å². The topological polar surface area (TPSA) is 63.7 Å². The molecule has 6 heteroatoms. The predicted octanol–water partition coefficient (Wildman–Crippen LogP) is 2.92. The number of nitrogens with zero attached hydrogens (tertiary/aromatic N) is 1. The van der Waals surface area contributed by atoms with Gasteiger partial charge < -0.3 is 4.74 Å². The van der Waals surface area contributed by atoms with Crippen LogP contribution in [0.1, 0.15) is 24.1 Å². The van der Waals surface area contributed by atoms with Crippen LogP contribution in [0.15, 0.2) is 59.5 Å². The Kier molecular flexibility index (Phi) is 5.75. The number of methoxy groups -OCH3 is 1. The van der Waals surface area contributed by atoms with Gasteiger partial charge in [0.05, 0.1) is 12.0 Å². The van der Waals surface area contributed by atoms with Crippen molar-refractivity contribution in [2.75, 3.05) is 13.7 Å². The average molecular weight is 347 g/mol. The predicted molar refractivity (Wildman–Crippen MR) is 91.9 cm³/mol. The molecule has 2 aromatic rings. The van der Waals surface area contributed by atoms with Crippen molar-refractivity contribution in [1.82, 2.24) is 4.31 Å². The van der Waals surface area contributed by atoms with Gasteiger partial charge in [0.15, 0.2) is 0 Å². The van der Waals surface area contributed by atoms with E-state index in [0.29, 0.717) is 0 Å². The fraction of sp³-hybridized carbons (Fsp3) is 0.278. The van der Waals surface area contributed by atoms with E-state index < -0.39 is 22.0 Å². The standard InChI is InChI=1S/C18H21NO4S/c1-14-9-11-17(12-10-14)24(21,22)19(13-18(20)23-3)15(2)16-7-5-4-6-8-16/h4-12,15H,13H2,1-3H3. The van der Waals surface area contributed by atoms with Crippen LogP contribution in [0.2, 0.25) is 0 Å². The Labute approximate surface area is 142 Å². The Morgan fingerprint density at radius 1 is 1.08 bits per heavy atom. The van der Waals surface area contributed by atoms with Gasteiger partial charge in [-0.1, -0.05) is 48.0 Å². The van der Waals surface area contributed by atoms with Crippen LogP contribution < -0.4 is 0 Å². The summed E-state index contributed by atoms with van der Waals surface area (Å²) in [7, 11) is -2.60. The van der Waals surface area contributed by atoms with E-state index in [1.165, 1.54) is 11.4 Å². The number of carbonyl (C=O) groups excluding carboxylic acids is 1. The molecule has 128 valence electrons. The molecule has 0 fully saturated rings. The Balaban J connectivity index is 2.45. The second-order valence-corrected chi connectivity index (χ2v) is 7.42. The molecule has 0 N–H and O–H groups in total. The van der Waals surface area contributed by atoms with Crippen molar-refractivity contribution in [3.63, 3.8) is 0 Å². The Bertz CT molecular complexity index is 786. The molecule has 1 unspecified atom stereocenters. The van der Waals surface area contributed by atoms with Gasteiger partial charge in [0.1, 0.15) is 6.54 Å². The van der Waals surface area contributed by atoms with Crippen molar-refractivity contribution in [3.8, 4) is 0 Å². The molecule has 0 aliphatic rings. The highest BCUT2D eigenvalue weighted by atomic mass is 32.2. The summed E-state index contributed by atoms with van der Waals surface area (Å²) < 4.78 is 31.9. The van der Waals surface area contributed by atoms with Crippen LogP contribution in [0, 0.1) is 6.92 Å². The van der Waals surface area contributed by atoms with Crippen molar-refractivity contribution in [1.29, 1.82) is 0 Å². The normalized spacial score (nSPS) is 12.8. The van der Waals surface area contributed by atoms with Crippen molar-refractivity contribution in [2.24, 2.45) is 0 Å². The summed E-state index contributed by atoms with van der Waals surface area (Å²) in [6, 6.07) is 15.2. The molecule has 2 aromatic carbocycles. The minimum absolute atomic E-state index is 0.153. The lowest BCUT2D eigenvalue weighted by molar-refractivity contribution is -0.141. The van der Waals surface area contributed by atoms with E-state index in [-0.39, 0.29) is 11.4 Å². The van der Waals surface area contributed by atoms with Crippen LogP contribution in [0.5, 0.6) is 0 Å². The molecule has 0 saturated heterocycles. The number of benzene rings is 2. The smallest absolute Gasteiger partial charge is 0.321 e. The molecule has 0 aromatic heterocycles. The summed E-state index contributed by atoms with van der Waals surface area (Å²) in [5.74, 6) is -0.603. The minimum Gasteiger partial charge on any atom is -0.468 e. The Morgan fingerprint density at radius 3 is 2.21 bits per heavy atom. The lowest BCUT2D eigenvalue weighted by Crippen LogP contribution is -2.38. The first kappa shape index (κ1) is 18.2. The molecule has 2 rings (SSSR count). The van der Waals surface area contributed by atoms with Crippen molar-refractivity contribution in [3.05, 3.63) is 65.7 Å². The molecular weight excluding hydrogens is 326 g/mol. The molecule has 0 amide bonds. The van der Waals surface area contributed by atoms with E-state index in [4.69, 9.17) is 0 Å². The van der Waals surface area contributed by atoms with E-state index in [9.17, 15) is 13.2 Å². The molecule has 24 heavy (non-hydrogen) atoms. The van der Waals surface area contributed by atoms with Crippen molar-refractivity contribution in [2.45, 2.75) is 24.8 Å². The third-order valence-electron chi connectivity index (χ3n) is 3.85. The number of hydrogen-bond acceptors (Lipinski definition) is 4. The summed E-state index contributed by atoms with van der Waals surface area (Å²) >= 11 is 0. The molecule has 0 aliphatic heterocycles. The minimum atomic E-state index is -3.84. The number of hydrogen-bond donors (Lipinski definition) is 0. The lowest BCUT2D eigenvalue weighted by Gasteiger charge is -2.27. The zero-order valence-corrected chi connectivity index (χ0v) is 14.8. The van der Waals surface area contributed by atoms with Crippen LogP contribution in [-0.2, 0) is 19.6 Å². The zero-order chi connectivity index (χ0) is 17.7. The SMILES string of the molecule is COC(=O)CN(C(C)c1ccccc1)S(=O)(=O)c1ccc(C)cc1. The van der Waals surface area contributed by atoms with Gasteiger partial charge in [0.2, 0.25) is 10.0 Å². The number of esters is 1. The molecule has 0 heterocycles. The molecule has 0 saturated carbocycles. The fourth-order valence-corrected chi connectivity index (χ4v) is 3.93. The summed E-state index contributed by atoms with van der Waals surface area (Å²) in [4.78, 5) is 11.9. The first-order valence-corrected chi connectivity index (χ1v) is 9.00. The molecule has 0 aliphatic carbocycles. The first-order valence-electron chi connectivity index (χ1n) is 7.56. The summed E-state index contributed by atoms with van der Waals surface area (Å²) in [5.41, 5.74) is 1.77. The van der Waals surface area contributed by atoms with Gasteiger partial charge >= 0.3 is 5.97 Å². The van der Waals surface area contributed by atoms with E-state index in [1.807, 2.05) is 37.3 Å². The third-order valence-corrected chi connectivity index (χ3v) is 5.78. The number of rotatable bonds is 6. The molecule has 0 radical (unpaired) electrons. The van der Waals surface area contributed by atoms with Gasteiger partial charge in [-0.3, -0.25) is 4.79 Å². The quantitative estimate of drug-likeness (QED) is 0.754. The van der Waals surface area contributed by atoms with Gasteiger partial charge in [-0.15, -0.1) is 0 Å². The summed E-state index contributed by atoms with van der Waals surface area (Å²) in [6.45, 7) is 3.29. The lowest BCUT2D eigenvalue weighted by atomic mass is 10.1. The van der Waals surface area contributed by atoms with Gasteiger partial charge in [0.25, 0.3) is 0 Å². The maximum atomic E-state index is 13.0. The van der Waals surface area contributed by atoms with E-state index in [2.05, 4.69) is 4.74 Å². The fourth-order valence-electron chi connectivity index (χ4n) is 2.37. The maximum absolute atomic E-state index is 13.0. The molecule has 1 atom stereocenters.